The first-order valence-corrected chi connectivity index (χ1v) is 4.79. The lowest BCUT2D eigenvalue weighted by atomic mass is 10.1. The summed E-state index contributed by atoms with van der Waals surface area (Å²) in [5, 5.41) is 0. The third kappa shape index (κ3) is 2.59. The van der Waals surface area contributed by atoms with Gasteiger partial charge in [0.25, 0.3) is 0 Å². The van der Waals surface area contributed by atoms with Crippen molar-refractivity contribution >= 4 is 0 Å². The van der Waals surface area contributed by atoms with Gasteiger partial charge in [0.2, 0.25) is 0 Å². The van der Waals surface area contributed by atoms with Gasteiger partial charge in [0, 0.05) is 6.42 Å². The minimum Gasteiger partial charge on any atom is -0.270 e. The molecule has 0 radical (unpaired) electrons. The lowest BCUT2D eigenvalue weighted by molar-refractivity contribution is -0.00199. The van der Waals surface area contributed by atoms with E-state index in [4.69, 9.17) is 0 Å². The smallest absolute Gasteiger partial charge is 0.270 e. The van der Waals surface area contributed by atoms with Gasteiger partial charge in [0.15, 0.2) is 0 Å². The average molecular weight is 196 g/mol. The Morgan fingerprint density at radius 2 is 1.54 bits per heavy atom. The molecular weight excluding hydrogens is 181 g/mol. The molecule has 0 aliphatic carbocycles. The van der Waals surface area contributed by atoms with Crippen LogP contribution in [0, 0.1) is 0 Å². The Balaban J connectivity index is 2.01. The van der Waals surface area contributed by atoms with Crippen LogP contribution in [-0.4, -0.2) is 12.0 Å². The van der Waals surface area contributed by atoms with E-state index < -0.39 is 12.0 Å². The Bertz CT molecular complexity index is 172. The van der Waals surface area contributed by atoms with Crippen molar-refractivity contribution < 1.29 is 17.9 Å². The predicted molar refractivity (Wildman–Crippen MR) is 43.2 cm³/mol. The number of hydrogen-bond acceptors (Lipinski definition) is 1. The Morgan fingerprint density at radius 3 is 2.00 bits per heavy atom. The van der Waals surface area contributed by atoms with Crippen molar-refractivity contribution in [2.24, 2.45) is 0 Å². The Kier molecular flexibility index (Phi) is 3.22. The van der Waals surface area contributed by atoms with Gasteiger partial charge in [-0.2, -0.15) is 8.78 Å². The highest BCUT2D eigenvalue weighted by Gasteiger charge is 2.75. The van der Waals surface area contributed by atoms with Crippen molar-refractivity contribution in [3.8, 4) is 0 Å². The first kappa shape index (κ1) is 10.8. The zero-order valence-electron chi connectivity index (χ0n) is 7.78. The van der Waals surface area contributed by atoms with Crippen molar-refractivity contribution in [2.75, 3.05) is 0 Å². The largest absolute Gasteiger partial charge is 0.417 e. The Morgan fingerprint density at radius 1 is 1.00 bits per heavy atom. The average Bonchev–Trinajstić information content (AvgIpc) is 2.51. The Labute approximate surface area is 76.3 Å². The quantitative estimate of drug-likeness (QED) is 0.466. The molecule has 4 heteroatoms. The van der Waals surface area contributed by atoms with Gasteiger partial charge in [-0.15, -0.1) is 0 Å². The van der Waals surface area contributed by atoms with Crippen LogP contribution in [0.25, 0.3) is 0 Å². The van der Waals surface area contributed by atoms with Crippen molar-refractivity contribution in [3.63, 3.8) is 0 Å². The van der Waals surface area contributed by atoms with Gasteiger partial charge in [-0.05, 0) is 6.42 Å². The van der Waals surface area contributed by atoms with Crippen LogP contribution in [0.5, 0.6) is 0 Å². The van der Waals surface area contributed by atoms with E-state index in [9.17, 15) is 13.2 Å². The normalized spacial score (nSPS) is 30.5. The van der Waals surface area contributed by atoms with Crippen LogP contribution in [0.3, 0.4) is 0 Å². The minimum atomic E-state index is -3.52. The maximum atomic E-state index is 12.8. The van der Waals surface area contributed by atoms with Crippen LogP contribution < -0.4 is 0 Å². The second-order valence-electron chi connectivity index (χ2n) is 3.51. The molecule has 0 spiro atoms. The monoisotopic (exact) mass is 196 g/mol. The van der Waals surface area contributed by atoms with Crippen LogP contribution in [0.15, 0.2) is 0 Å². The summed E-state index contributed by atoms with van der Waals surface area (Å²) in [6, 6.07) is 0. The van der Waals surface area contributed by atoms with Gasteiger partial charge in [-0.25, -0.2) is 4.39 Å². The van der Waals surface area contributed by atoms with E-state index in [0.29, 0.717) is 6.42 Å². The highest BCUT2D eigenvalue weighted by Crippen LogP contribution is 2.54. The zero-order chi connectivity index (χ0) is 9.95. The topological polar surface area (TPSA) is 12.5 Å². The van der Waals surface area contributed by atoms with Crippen molar-refractivity contribution in [2.45, 2.75) is 57.4 Å². The summed E-state index contributed by atoms with van der Waals surface area (Å²) < 4.78 is 40.8. The SMILES string of the molecule is CCCCCCCC1(F)OC1(F)F. The van der Waals surface area contributed by atoms with Gasteiger partial charge in [0.05, 0.1) is 0 Å². The first-order chi connectivity index (χ1) is 6.02. The van der Waals surface area contributed by atoms with Crippen LogP contribution in [0.2, 0.25) is 0 Å². The van der Waals surface area contributed by atoms with E-state index >= 15 is 0 Å². The number of halogens is 3. The maximum absolute atomic E-state index is 12.8. The molecule has 13 heavy (non-hydrogen) atoms. The molecule has 1 saturated heterocycles. The van der Waals surface area contributed by atoms with Crippen LogP contribution >= 0.6 is 0 Å². The highest BCUT2D eigenvalue weighted by molar-refractivity contribution is 4.92. The third-order valence-electron chi connectivity index (χ3n) is 2.28. The van der Waals surface area contributed by atoms with E-state index in [1.165, 1.54) is 0 Å². The van der Waals surface area contributed by atoms with Gasteiger partial charge < -0.3 is 0 Å². The molecule has 1 atom stereocenters. The summed E-state index contributed by atoms with van der Waals surface area (Å²) in [5.41, 5.74) is 0. The molecular formula is C9H15F3O. The summed E-state index contributed by atoms with van der Waals surface area (Å²) >= 11 is 0. The molecule has 0 N–H and O–H groups in total. The maximum Gasteiger partial charge on any atom is 0.417 e. The number of alkyl halides is 3. The van der Waals surface area contributed by atoms with Crippen molar-refractivity contribution in [3.05, 3.63) is 0 Å². The predicted octanol–water partition coefficient (Wildman–Crippen LogP) is 3.64. The number of hydrogen-bond donors (Lipinski definition) is 0. The third-order valence-corrected chi connectivity index (χ3v) is 2.28. The lowest BCUT2D eigenvalue weighted by Gasteiger charge is -2.00. The molecule has 0 aromatic rings. The molecule has 78 valence electrons. The number of rotatable bonds is 6. The molecule has 1 unspecified atom stereocenters. The van der Waals surface area contributed by atoms with E-state index in [2.05, 4.69) is 11.7 Å². The molecule has 0 bridgehead atoms. The molecule has 0 aromatic heterocycles. The van der Waals surface area contributed by atoms with E-state index in [-0.39, 0.29) is 6.42 Å². The second kappa shape index (κ2) is 3.86. The Hall–Kier alpha value is -0.250. The van der Waals surface area contributed by atoms with Gasteiger partial charge in [0.1, 0.15) is 0 Å². The fourth-order valence-corrected chi connectivity index (χ4v) is 1.33. The fraction of sp³-hybridized carbons (Fsp3) is 1.00. The standard InChI is InChI=1S/C9H15F3O/c1-2-3-4-5-6-7-8(10)9(11,12)13-8/h2-7H2,1H3. The molecule has 1 heterocycles. The summed E-state index contributed by atoms with van der Waals surface area (Å²) in [4.78, 5) is 0. The van der Waals surface area contributed by atoms with Gasteiger partial charge in [-0.1, -0.05) is 32.6 Å². The molecule has 0 aromatic carbocycles. The minimum absolute atomic E-state index is 0.177. The summed E-state index contributed by atoms with van der Waals surface area (Å²) in [6.45, 7) is 2.06. The molecule has 1 aliphatic rings. The van der Waals surface area contributed by atoms with E-state index in [1.807, 2.05) is 0 Å². The van der Waals surface area contributed by atoms with Crippen molar-refractivity contribution in [1.29, 1.82) is 0 Å². The molecule has 0 amide bonds. The molecule has 1 aliphatic heterocycles. The highest BCUT2D eigenvalue weighted by atomic mass is 19.3. The first-order valence-electron chi connectivity index (χ1n) is 4.79. The van der Waals surface area contributed by atoms with Crippen LogP contribution in [-0.2, 0) is 4.74 Å². The van der Waals surface area contributed by atoms with E-state index in [0.717, 1.165) is 25.7 Å². The van der Waals surface area contributed by atoms with Crippen LogP contribution in [0.4, 0.5) is 13.2 Å². The lowest BCUT2D eigenvalue weighted by Crippen LogP contribution is -2.11. The molecule has 0 saturated carbocycles. The number of ether oxygens (including phenoxy) is 1. The fourth-order valence-electron chi connectivity index (χ4n) is 1.33. The summed E-state index contributed by atoms with van der Waals surface area (Å²) in [6.07, 6.45) is 0.745. The number of unbranched alkanes of at least 4 members (excludes halogenated alkanes) is 4. The molecule has 1 rings (SSSR count). The second-order valence-corrected chi connectivity index (χ2v) is 3.51. The van der Waals surface area contributed by atoms with Crippen LogP contribution in [0.1, 0.15) is 45.4 Å². The summed E-state index contributed by atoms with van der Waals surface area (Å²) in [7, 11) is 0. The van der Waals surface area contributed by atoms with E-state index in [1.54, 1.807) is 0 Å². The van der Waals surface area contributed by atoms with Gasteiger partial charge >= 0.3 is 12.0 Å². The number of epoxide rings is 1. The summed E-state index contributed by atoms with van der Waals surface area (Å²) in [5.74, 6) is -2.64. The van der Waals surface area contributed by atoms with Gasteiger partial charge in [-0.3, -0.25) is 4.74 Å². The molecule has 1 nitrogen and oxygen atoms in total. The zero-order valence-corrected chi connectivity index (χ0v) is 7.78. The van der Waals surface area contributed by atoms with Crippen molar-refractivity contribution in [1.82, 2.24) is 0 Å². The molecule has 1 fully saturated rings.